The van der Waals surface area contributed by atoms with Gasteiger partial charge in [0.1, 0.15) is 5.82 Å². The Balaban J connectivity index is 1.93. The van der Waals surface area contributed by atoms with Gasteiger partial charge in [0.2, 0.25) is 0 Å². The second-order valence-electron chi connectivity index (χ2n) is 5.93. The monoisotopic (exact) mass is 249 g/mol. The van der Waals surface area contributed by atoms with Gasteiger partial charge >= 0.3 is 0 Å². The largest absolute Gasteiger partial charge is 0.367 e. The highest BCUT2D eigenvalue weighted by Crippen LogP contribution is 2.24. The van der Waals surface area contributed by atoms with Gasteiger partial charge in [-0.15, -0.1) is 5.10 Å². The van der Waals surface area contributed by atoms with Crippen LogP contribution in [-0.4, -0.2) is 47.3 Å². The number of likely N-dealkylation sites (tertiary alicyclic amines) is 1. The molecule has 1 aromatic heterocycles. The number of hydrogen-bond acceptors (Lipinski definition) is 5. The van der Waals surface area contributed by atoms with E-state index in [2.05, 4.69) is 33.5 Å². The Morgan fingerprint density at radius 2 is 2.22 bits per heavy atom. The molecular formula is C13H23N5. The van der Waals surface area contributed by atoms with Crippen molar-refractivity contribution < 1.29 is 0 Å². The van der Waals surface area contributed by atoms with Crippen LogP contribution in [0.4, 0.5) is 5.82 Å². The van der Waals surface area contributed by atoms with Crippen molar-refractivity contribution in [2.24, 2.45) is 5.73 Å². The van der Waals surface area contributed by atoms with Crippen molar-refractivity contribution in [3.8, 4) is 0 Å². The highest BCUT2D eigenvalue weighted by Gasteiger charge is 2.22. The molecule has 5 heteroatoms. The molecule has 0 saturated carbocycles. The lowest BCUT2D eigenvalue weighted by molar-refractivity contribution is 0.410. The topological polar surface area (TPSA) is 67.1 Å². The number of nitrogens with two attached hydrogens (primary N) is 1. The number of likely N-dealkylation sites (N-methyl/N-ethyl adjacent to an activating group) is 1. The third-order valence-electron chi connectivity index (χ3n) is 3.22. The number of anilines is 1. The maximum atomic E-state index is 5.91. The maximum Gasteiger partial charge on any atom is 0.148 e. The quantitative estimate of drug-likeness (QED) is 0.834. The van der Waals surface area contributed by atoms with Crippen molar-refractivity contribution in [1.82, 2.24) is 15.1 Å². The molecule has 1 atom stereocenters. The third kappa shape index (κ3) is 3.65. The van der Waals surface area contributed by atoms with E-state index in [0.717, 1.165) is 24.6 Å². The second-order valence-corrected chi connectivity index (χ2v) is 5.93. The first-order chi connectivity index (χ1) is 8.44. The minimum Gasteiger partial charge on any atom is -0.367 e. The summed E-state index contributed by atoms with van der Waals surface area (Å²) >= 11 is 0. The van der Waals surface area contributed by atoms with Crippen LogP contribution in [0.25, 0.3) is 0 Å². The fraction of sp³-hybridized carbons (Fsp3) is 0.692. The number of aromatic nitrogens is 2. The molecular weight excluding hydrogens is 226 g/mol. The summed E-state index contributed by atoms with van der Waals surface area (Å²) in [5.74, 6) is 1.33. The van der Waals surface area contributed by atoms with Crippen molar-refractivity contribution in [2.45, 2.75) is 31.7 Å². The predicted molar refractivity (Wildman–Crippen MR) is 73.6 cm³/mol. The van der Waals surface area contributed by atoms with Gasteiger partial charge in [0.25, 0.3) is 0 Å². The van der Waals surface area contributed by atoms with Crippen molar-refractivity contribution in [3.05, 3.63) is 17.8 Å². The van der Waals surface area contributed by atoms with Crippen molar-refractivity contribution >= 4 is 5.82 Å². The molecule has 2 heterocycles. The van der Waals surface area contributed by atoms with Gasteiger partial charge in [-0.1, -0.05) is 0 Å². The summed E-state index contributed by atoms with van der Waals surface area (Å²) < 4.78 is 0. The smallest absolute Gasteiger partial charge is 0.148 e. The minimum absolute atomic E-state index is 0.242. The van der Waals surface area contributed by atoms with Crippen molar-refractivity contribution in [3.63, 3.8) is 0 Å². The number of hydrogen-bond donors (Lipinski definition) is 2. The molecule has 0 spiro atoms. The number of nitrogens with zero attached hydrogens (tertiary/aromatic N) is 3. The van der Waals surface area contributed by atoms with Gasteiger partial charge in [-0.2, -0.15) is 5.10 Å². The summed E-state index contributed by atoms with van der Waals surface area (Å²) in [5.41, 5.74) is 6.76. The Hall–Kier alpha value is -1.20. The van der Waals surface area contributed by atoms with E-state index in [1.807, 2.05) is 19.9 Å². The van der Waals surface area contributed by atoms with Crippen LogP contribution in [-0.2, 0) is 0 Å². The van der Waals surface area contributed by atoms with Gasteiger partial charge in [-0.05, 0) is 46.0 Å². The molecule has 1 saturated heterocycles. The maximum absolute atomic E-state index is 5.91. The Morgan fingerprint density at radius 1 is 1.44 bits per heavy atom. The highest BCUT2D eigenvalue weighted by atomic mass is 15.2. The molecule has 1 aromatic rings. The zero-order chi connectivity index (χ0) is 13.2. The summed E-state index contributed by atoms with van der Waals surface area (Å²) in [5, 5.41) is 11.7. The molecule has 0 aliphatic carbocycles. The fourth-order valence-electron chi connectivity index (χ4n) is 2.15. The summed E-state index contributed by atoms with van der Waals surface area (Å²) in [6.07, 6.45) is 1.17. The number of rotatable bonds is 4. The van der Waals surface area contributed by atoms with Gasteiger partial charge in [0.05, 0.1) is 5.69 Å². The van der Waals surface area contributed by atoms with Crippen LogP contribution in [0.5, 0.6) is 0 Å². The van der Waals surface area contributed by atoms with Gasteiger partial charge in [-0.3, -0.25) is 0 Å². The molecule has 100 valence electrons. The zero-order valence-electron chi connectivity index (χ0n) is 11.5. The minimum atomic E-state index is -0.242. The van der Waals surface area contributed by atoms with Crippen LogP contribution in [0.1, 0.15) is 31.9 Å². The van der Waals surface area contributed by atoms with Crippen LogP contribution < -0.4 is 11.1 Å². The van der Waals surface area contributed by atoms with Crippen molar-refractivity contribution in [1.29, 1.82) is 0 Å². The van der Waals surface area contributed by atoms with Gasteiger partial charge in [-0.25, -0.2) is 0 Å². The van der Waals surface area contributed by atoms with Crippen LogP contribution in [0.3, 0.4) is 0 Å². The molecule has 1 fully saturated rings. The lowest BCUT2D eigenvalue weighted by Crippen LogP contribution is -2.39. The molecule has 2 rings (SSSR count). The van der Waals surface area contributed by atoms with E-state index in [1.54, 1.807) is 0 Å². The van der Waals surface area contributed by atoms with E-state index in [0.29, 0.717) is 12.5 Å². The average Bonchev–Trinajstić information content (AvgIpc) is 2.73. The van der Waals surface area contributed by atoms with Crippen LogP contribution in [0.15, 0.2) is 12.1 Å². The molecule has 0 bridgehead atoms. The summed E-state index contributed by atoms with van der Waals surface area (Å²) in [6, 6.07) is 4.06. The lowest BCUT2D eigenvalue weighted by atomic mass is 10.0. The highest BCUT2D eigenvalue weighted by molar-refractivity contribution is 5.34. The predicted octanol–water partition coefficient (Wildman–Crippen LogP) is 1.04. The lowest BCUT2D eigenvalue weighted by Gasteiger charge is -2.19. The molecule has 0 amide bonds. The molecule has 1 unspecified atom stereocenters. The molecule has 1 aliphatic rings. The Bertz CT molecular complexity index is 381. The van der Waals surface area contributed by atoms with Crippen LogP contribution in [0, 0.1) is 0 Å². The molecule has 5 nitrogen and oxygen atoms in total. The van der Waals surface area contributed by atoms with Crippen LogP contribution in [0.2, 0.25) is 0 Å². The first-order valence-electron chi connectivity index (χ1n) is 6.49. The average molecular weight is 249 g/mol. The second kappa shape index (κ2) is 5.20. The normalized spacial score (nSPS) is 21.2. The zero-order valence-corrected chi connectivity index (χ0v) is 11.5. The Morgan fingerprint density at radius 3 is 2.72 bits per heavy atom. The first kappa shape index (κ1) is 13.2. The SMILES string of the molecule is CN1CCC(c2ccc(NCC(C)(C)N)nn2)C1. The molecule has 0 radical (unpaired) electrons. The van der Waals surface area contributed by atoms with Gasteiger partial charge in [0, 0.05) is 24.5 Å². The molecule has 18 heavy (non-hydrogen) atoms. The summed E-state index contributed by atoms with van der Waals surface area (Å²) in [6.45, 7) is 6.88. The first-order valence-corrected chi connectivity index (χ1v) is 6.49. The van der Waals surface area contributed by atoms with E-state index in [4.69, 9.17) is 5.73 Å². The Kier molecular flexibility index (Phi) is 3.82. The van der Waals surface area contributed by atoms with Crippen LogP contribution >= 0.6 is 0 Å². The summed E-state index contributed by atoms with van der Waals surface area (Å²) in [4.78, 5) is 2.33. The molecule has 0 aromatic carbocycles. The molecule has 3 N–H and O–H groups in total. The summed E-state index contributed by atoms with van der Waals surface area (Å²) in [7, 11) is 2.15. The number of nitrogens with one attached hydrogen (secondary N) is 1. The standard InChI is InChI=1S/C13H23N5/c1-13(2,14)9-15-12-5-4-11(16-17-12)10-6-7-18(3)8-10/h4-5,10H,6-9,14H2,1-3H3,(H,15,17). The van der Waals surface area contributed by atoms with E-state index >= 15 is 0 Å². The van der Waals surface area contributed by atoms with Crippen molar-refractivity contribution in [2.75, 3.05) is 32.0 Å². The Labute approximate surface area is 109 Å². The fourth-order valence-corrected chi connectivity index (χ4v) is 2.15. The third-order valence-corrected chi connectivity index (χ3v) is 3.22. The van der Waals surface area contributed by atoms with E-state index < -0.39 is 0 Å². The van der Waals surface area contributed by atoms with E-state index in [9.17, 15) is 0 Å². The molecule has 1 aliphatic heterocycles. The van der Waals surface area contributed by atoms with Gasteiger partial charge in [0.15, 0.2) is 0 Å². The van der Waals surface area contributed by atoms with E-state index in [-0.39, 0.29) is 5.54 Å². The van der Waals surface area contributed by atoms with Gasteiger partial charge < -0.3 is 16.0 Å². The van der Waals surface area contributed by atoms with E-state index in [1.165, 1.54) is 6.42 Å².